The molecular weight excluding hydrogens is 534 g/mol. The highest BCUT2D eigenvalue weighted by Gasteiger charge is 2.47. The Morgan fingerprint density at radius 1 is 0.500 bits per heavy atom. The predicted molar refractivity (Wildman–Crippen MR) is 185 cm³/mol. The highest BCUT2D eigenvalue weighted by Crippen LogP contribution is 2.56. The molecule has 0 N–H and O–H groups in total. The fourth-order valence-electron chi connectivity index (χ4n) is 7.78. The molecule has 0 unspecified atom stereocenters. The molecule has 0 amide bonds. The molecular formula is C42H33NO. The predicted octanol–water partition coefficient (Wildman–Crippen LogP) is 11.6. The molecule has 44 heavy (non-hydrogen) atoms. The van der Waals surface area contributed by atoms with Crippen molar-refractivity contribution >= 4 is 43.7 Å². The van der Waals surface area contributed by atoms with Crippen molar-refractivity contribution in [3.63, 3.8) is 0 Å². The molecule has 0 spiro atoms. The first-order valence-electron chi connectivity index (χ1n) is 15.5. The Bertz CT molecular complexity index is 2380. The Labute approximate surface area is 257 Å². The Morgan fingerprint density at radius 3 is 1.86 bits per heavy atom. The molecule has 0 saturated carbocycles. The summed E-state index contributed by atoms with van der Waals surface area (Å²) in [4.78, 5) is 0. The average Bonchev–Trinajstić information content (AvgIpc) is 3.59. The number of furan rings is 1. The fraction of sp³-hybridized carbons (Fsp3) is 0.143. The van der Waals surface area contributed by atoms with Gasteiger partial charge in [-0.1, -0.05) is 113 Å². The molecule has 0 radical (unpaired) electrons. The van der Waals surface area contributed by atoms with Crippen LogP contribution in [0.3, 0.4) is 0 Å². The van der Waals surface area contributed by atoms with Crippen LogP contribution in [0.25, 0.3) is 71.7 Å². The summed E-state index contributed by atoms with van der Waals surface area (Å²) in [6, 6.07) is 46.4. The Hall–Kier alpha value is -5.08. The molecule has 2 heteroatoms. The van der Waals surface area contributed by atoms with Gasteiger partial charge in [-0.3, -0.25) is 0 Å². The summed E-state index contributed by atoms with van der Waals surface area (Å²) in [6.07, 6.45) is 0. The normalized spacial score (nSPS) is 15.2. The molecule has 1 aliphatic rings. The molecule has 2 nitrogen and oxygen atoms in total. The summed E-state index contributed by atoms with van der Waals surface area (Å²) in [5, 5.41) is 4.91. The summed E-state index contributed by atoms with van der Waals surface area (Å²) in [6.45, 7) is 9.49. The Kier molecular flexibility index (Phi) is 5.05. The lowest BCUT2D eigenvalue weighted by molar-refractivity contribution is 0.299. The summed E-state index contributed by atoms with van der Waals surface area (Å²) >= 11 is 0. The quantitative estimate of drug-likeness (QED) is 0.203. The van der Waals surface area contributed by atoms with Gasteiger partial charge in [0.2, 0.25) is 0 Å². The highest BCUT2D eigenvalue weighted by atomic mass is 16.3. The molecule has 0 fully saturated rings. The summed E-state index contributed by atoms with van der Waals surface area (Å²) in [5.74, 6) is 0. The van der Waals surface area contributed by atoms with E-state index in [-0.39, 0.29) is 10.8 Å². The van der Waals surface area contributed by atoms with Crippen LogP contribution in [0.1, 0.15) is 38.8 Å². The number of fused-ring (bicyclic) bond motifs is 10. The number of nitrogens with zero attached hydrogens (tertiary/aromatic N) is 1. The number of benzene rings is 6. The van der Waals surface area contributed by atoms with E-state index >= 15 is 0 Å². The van der Waals surface area contributed by atoms with E-state index in [9.17, 15) is 0 Å². The Balaban J connectivity index is 1.18. The van der Waals surface area contributed by atoms with Gasteiger partial charge < -0.3 is 8.98 Å². The van der Waals surface area contributed by atoms with Crippen molar-refractivity contribution in [2.45, 2.75) is 38.5 Å². The lowest BCUT2D eigenvalue weighted by Crippen LogP contribution is -2.43. The molecule has 0 aliphatic heterocycles. The lowest BCUT2D eigenvalue weighted by atomic mass is 9.55. The van der Waals surface area contributed by atoms with E-state index in [4.69, 9.17) is 4.42 Å². The van der Waals surface area contributed by atoms with Gasteiger partial charge >= 0.3 is 0 Å². The number of hydrogen-bond donors (Lipinski definition) is 0. The zero-order chi connectivity index (χ0) is 29.8. The van der Waals surface area contributed by atoms with E-state index < -0.39 is 0 Å². The van der Waals surface area contributed by atoms with Gasteiger partial charge in [0.25, 0.3) is 0 Å². The molecule has 0 saturated heterocycles. The van der Waals surface area contributed by atoms with Crippen LogP contribution >= 0.6 is 0 Å². The van der Waals surface area contributed by atoms with Gasteiger partial charge in [0.1, 0.15) is 11.2 Å². The third kappa shape index (κ3) is 3.26. The van der Waals surface area contributed by atoms with Crippen LogP contribution in [-0.2, 0) is 10.8 Å². The lowest BCUT2D eigenvalue weighted by Gasteiger charge is -2.48. The number of rotatable bonds is 2. The smallest absolute Gasteiger partial charge is 0.139 e. The maximum absolute atomic E-state index is 6.73. The molecule has 6 aromatic carbocycles. The van der Waals surface area contributed by atoms with Crippen LogP contribution in [0.4, 0.5) is 0 Å². The number of para-hydroxylation sites is 2. The minimum atomic E-state index is -0.116. The van der Waals surface area contributed by atoms with E-state index in [0.29, 0.717) is 0 Å². The van der Waals surface area contributed by atoms with Crippen molar-refractivity contribution in [2.75, 3.05) is 0 Å². The number of hydrogen-bond acceptors (Lipinski definition) is 1. The first kappa shape index (κ1) is 25.4. The third-order valence-corrected chi connectivity index (χ3v) is 10.8. The van der Waals surface area contributed by atoms with E-state index in [1.165, 1.54) is 66.0 Å². The standard InChI is InChI=1S/C42H33NO/c1-41(2)35-14-8-5-11-29(35)32-22-23-33-34-25-27(19-24-38(34)44-40(33)39(32)42(41,3)4)26-17-20-28(21-18-26)43-36-15-9-6-12-30(36)31-13-7-10-16-37(31)43/h5-25H,1-4H3. The summed E-state index contributed by atoms with van der Waals surface area (Å²) in [5.41, 5.74) is 13.1. The second-order valence-corrected chi connectivity index (χ2v) is 13.4. The summed E-state index contributed by atoms with van der Waals surface area (Å²) in [7, 11) is 0. The molecule has 8 aromatic rings. The van der Waals surface area contributed by atoms with Crippen LogP contribution in [-0.4, -0.2) is 4.57 Å². The van der Waals surface area contributed by atoms with Gasteiger partial charge in [0.05, 0.1) is 11.0 Å². The van der Waals surface area contributed by atoms with Crippen molar-refractivity contribution < 1.29 is 4.42 Å². The maximum atomic E-state index is 6.73. The second kappa shape index (κ2) is 8.74. The van der Waals surface area contributed by atoms with E-state index in [2.05, 4.69) is 160 Å². The van der Waals surface area contributed by atoms with Crippen LogP contribution in [0.5, 0.6) is 0 Å². The topological polar surface area (TPSA) is 18.1 Å². The monoisotopic (exact) mass is 567 g/mol. The minimum absolute atomic E-state index is 0.0485. The zero-order valence-corrected chi connectivity index (χ0v) is 25.5. The minimum Gasteiger partial charge on any atom is -0.456 e. The molecule has 2 heterocycles. The Morgan fingerprint density at radius 2 is 1.14 bits per heavy atom. The van der Waals surface area contributed by atoms with Gasteiger partial charge in [-0.25, -0.2) is 0 Å². The average molecular weight is 568 g/mol. The van der Waals surface area contributed by atoms with Gasteiger partial charge in [-0.2, -0.15) is 0 Å². The van der Waals surface area contributed by atoms with Crippen molar-refractivity contribution in [1.82, 2.24) is 4.57 Å². The summed E-state index contributed by atoms with van der Waals surface area (Å²) < 4.78 is 9.10. The molecule has 0 bridgehead atoms. The molecule has 0 atom stereocenters. The first-order valence-corrected chi connectivity index (χ1v) is 15.5. The van der Waals surface area contributed by atoms with Crippen molar-refractivity contribution in [2.24, 2.45) is 0 Å². The number of aromatic nitrogens is 1. The SMILES string of the molecule is CC1(C)c2ccccc2-c2ccc3c(oc4ccc(-c5ccc(-n6c7ccccc7c7ccccc76)cc5)cc43)c2C1(C)C. The van der Waals surface area contributed by atoms with Gasteiger partial charge in [-0.15, -0.1) is 0 Å². The maximum Gasteiger partial charge on any atom is 0.139 e. The van der Waals surface area contributed by atoms with Crippen LogP contribution in [0.2, 0.25) is 0 Å². The third-order valence-electron chi connectivity index (χ3n) is 10.8. The van der Waals surface area contributed by atoms with Crippen molar-refractivity contribution in [3.8, 4) is 27.9 Å². The largest absolute Gasteiger partial charge is 0.456 e. The van der Waals surface area contributed by atoms with Crippen LogP contribution in [0, 0.1) is 0 Å². The van der Waals surface area contributed by atoms with Gasteiger partial charge in [0.15, 0.2) is 0 Å². The first-order chi connectivity index (χ1) is 21.3. The highest BCUT2D eigenvalue weighted by molar-refractivity contribution is 6.10. The molecule has 2 aromatic heterocycles. The van der Waals surface area contributed by atoms with Gasteiger partial charge in [0, 0.05) is 38.2 Å². The van der Waals surface area contributed by atoms with Crippen LogP contribution < -0.4 is 0 Å². The molecule has 9 rings (SSSR count). The van der Waals surface area contributed by atoms with Crippen molar-refractivity contribution in [1.29, 1.82) is 0 Å². The second-order valence-electron chi connectivity index (χ2n) is 13.4. The van der Waals surface area contributed by atoms with E-state index in [1.807, 2.05) is 0 Å². The zero-order valence-electron chi connectivity index (χ0n) is 25.5. The fourth-order valence-corrected chi connectivity index (χ4v) is 7.78. The van der Waals surface area contributed by atoms with E-state index in [1.54, 1.807) is 0 Å². The molecule has 1 aliphatic carbocycles. The van der Waals surface area contributed by atoms with Crippen molar-refractivity contribution in [3.05, 3.63) is 139 Å². The van der Waals surface area contributed by atoms with E-state index in [0.717, 1.165) is 16.9 Å². The van der Waals surface area contributed by atoms with Gasteiger partial charge in [-0.05, 0) is 75.7 Å². The molecule has 212 valence electrons. The van der Waals surface area contributed by atoms with Crippen LogP contribution in [0.15, 0.2) is 132 Å².